The molecule has 5 heteroatoms. The van der Waals surface area contributed by atoms with Crippen LogP contribution in [0.3, 0.4) is 0 Å². The molecule has 0 aliphatic rings. The molecule has 1 unspecified atom stereocenters. The van der Waals surface area contributed by atoms with Gasteiger partial charge in [0.25, 0.3) is 0 Å². The van der Waals surface area contributed by atoms with Crippen LogP contribution in [0.25, 0.3) is 0 Å². The van der Waals surface area contributed by atoms with E-state index >= 15 is 0 Å². The maximum absolute atomic E-state index is 11.4. The van der Waals surface area contributed by atoms with Crippen molar-refractivity contribution >= 4 is 50.9 Å². The van der Waals surface area contributed by atoms with Gasteiger partial charge in [-0.2, -0.15) is 0 Å². The fourth-order valence-electron chi connectivity index (χ4n) is 1.17. The van der Waals surface area contributed by atoms with E-state index in [0.717, 1.165) is 25.7 Å². The van der Waals surface area contributed by atoms with Gasteiger partial charge in [0.15, 0.2) is 0 Å². The molecule has 0 bridgehead atoms. The van der Waals surface area contributed by atoms with Crippen molar-refractivity contribution in [2.45, 2.75) is 39.5 Å². The molecule has 0 radical (unpaired) electrons. The molecular weight excluding hydrogens is 382 g/mol. The van der Waals surface area contributed by atoms with Crippen molar-refractivity contribution in [3.63, 3.8) is 0 Å². The summed E-state index contributed by atoms with van der Waals surface area (Å²) in [6.07, 6.45) is 4.14. The van der Waals surface area contributed by atoms with Gasteiger partial charge in [0.1, 0.15) is 0 Å². The second kappa shape index (κ2) is 9.58. The van der Waals surface area contributed by atoms with E-state index < -0.39 is 22.0 Å². The van der Waals surface area contributed by atoms with Crippen molar-refractivity contribution in [1.29, 1.82) is 0 Å². The van der Waals surface area contributed by atoms with Crippen LogP contribution >= 0.6 is 0 Å². The van der Waals surface area contributed by atoms with Gasteiger partial charge in [-0.3, -0.25) is 0 Å². The zero-order chi connectivity index (χ0) is 10.1. The molecule has 0 fully saturated rings. The first-order valence-electron chi connectivity index (χ1n) is 4.91. The van der Waals surface area contributed by atoms with Crippen LogP contribution in [0.4, 0.5) is 0 Å². The number of hydrogen-bond donors (Lipinski definition) is 0. The van der Waals surface area contributed by atoms with Crippen LogP contribution in [0.5, 0.6) is 0 Å². The molecule has 0 aliphatic carbocycles. The van der Waals surface area contributed by atoms with Crippen LogP contribution in [0.2, 0.25) is 0 Å². The summed E-state index contributed by atoms with van der Waals surface area (Å²) in [7, 11) is 0. The molecule has 0 heterocycles. The van der Waals surface area contributed by atoms with Gasteiger partial charge in [-0.15, -0.1) is 0 Å². The Morgan fingerprint density at radius 3 is 2.69 bits per heavy atom. The first-order valence-corrected chi connectivity index (χ1v) is 10.5. The first-order chi connectivity index (χ1) is 6.26. The molecule has 0 aromatic heterocycles. The number of rotatable bonds is 7. The zero-order valence-electron chi connectivity index (χ0n) is 8.84. The molecule has 0 saturated heterocycles. The zero-order valence-corrected chi connectivity index (χ0v) is 18.6. The Kier molecular flexibility index (Phi) is 10.3. The van der Waals surface area contributed by atoms with E-state index in [1.165, 1.54) is 0 Å². The Balaban J connectivity index is 3.71. The van der Waals surface area contributed by atoms with Crippen LogP contribution in [0.15, 0.2) is 0 Å². The van der Waals surface area contributed by atoms with Crippen LogP contribution in [-0.2, 0) is 9.28 Å². The Labute approximate surface area is 105 Å². The fraction of sp³-hybridized carbons (Fsp3) is 0.875. The maximum atomic E-state index is 11.4. The summed E-state index contributed by atoms with van der Waals surface area (Å²) in [5.74, 6) is 0.127. The van der Waals surface area contributed by atoms with Crippen molar-refractivity contribution in [3.8, 4) is 0 Å². The van der Waals surface area contributed by atoms with E-state index in [9.17, 15) is 4.79 Å². The molecule has 1 atom stereocenters. The molecule has 0 aromatic rings. The van der Waals surface area contributed by atoms with Gasteiger partial charge in [-0.1, -0.05) is 0 Å². The monoisotopic (exact) mass is 404 g/mol. The summed E-state index contributed by atoms with van der Waals surface area (Å²) in [5, 5.41) is 0. The molecule has 0 rings (SSSR count). The summed E-state index contributed by atoms with van der Waals surface area (Å²) in [4.78, 5) is 11.4. The third-order valence-electron chi connectivity index (χ3n) is 2.05. The number of carbonyl (C=O) groups is 1. The summed E-state index contributed by atoms with van der Waals surface area (Å²) in [5.41, 5.74) is 0. The van der Waals surface area contributed by atoms with E-state index in [0.29, 0.717) is 0 Å². The van der Waals surface area contributed by atoms with Gasteiger partial charge in [0.2, 0.25) is 0 Å². The Hall–Kier alpha value is 1.03. The van der Waals surface area contributed by atoms with E-state index in [2.05, 4.69) is 6.92 Å². The number of carbonyl (C=O) groups excluding carboxylic acids is 1. The minimum absolute atomic E-state index is 0.000104. The van der Waals surface area contributed by atoms with E-state index in [1.807, 2.05) is 6.92 Å². The van der Waals surface area contributed by atoms with Gasteiger partial charge in [0.05, 0.1) is 0 Å². The Bertz CT molecular complexity index is 141. The summed E-state index contributed by atoms with van der Waals surface area (Å²) >= 11 is -1.28. The van der Waals surface area contributed by atoms with Crippen molar-refractivity contribution in [2.75, 3.05) is 0 Å². The third kappa shape index (κ3) is 7.02. The van der Waals surface area contributed by atoms with Crippen LogP contribution in [0, 0.1) is 5.92 Å². The van der Waals surface area contributed by atoms with Gasteiger partial charge in [-0.05, 0) is 0 Å². The van der Waals surface area contributed by atoms with Crippen molar-refractivity contribution < 1.29 is 9.28 Å². The fourth-order valence-corrected chi connectivity index (χ4v) is 4.77. The molecule has 0 aliphatic heterocycles. The SMILES string of the molecule is CCCCC(CC)C(=O)[O][SnH2][O][SnH3]. The van der Waals surface area contributed by atoms with Crippen molar-refractivity contribution in [2.24, 2.45) is 5.92 Å². The molecule has 0 saturated carbocycles. The number of unbranched alkanes of at least 4 members (excludes halogenated alkanes) is 1. The Morgan fingerprint density at radius 1 is 1.54 bits per heavy atom. The molecule has 13 heavy (non-hydrogen) atoms. The second-order valence-electron chi connectivity index (χ2n) is 3.12. The average molecular weight is 402 g/mol. The summed E-state index contributed by atoms with van der Waals surface area (Å²) in [6, 6.07) is 0. The standard InChI is InChI=1S/C8H16O2.O.2Sn.5H/c1-3-5-6-7(4-2)8(9)10;;;;;;;;/h7H,3-6H2,1-2H3,(H,9,10);;;;;;;;/q;;;+1;;;;;/p-1. The predicted molar refractivity (Wildman–Crippen MR) is 59.0 cm³/mol. The molecule has 3 nitrogen and oxygen atoms in total. The normalized spacial score (nSPS) is 13.7. The van der Waals surface area contributed by atoms with E-state index in [-0.39, 0.29) is 34.8 Å². The first kappa shape index (κ1) is 14.0. The van der Waals surface area contributed by atoms with Crippen molar-refractivity contribution in [1.82, 2.24) is 0 Å². The van der Waals surface area contributed by atoms with Gasteiger partial charge >= 0.3 is 106 Å². The molecule has 0 N–H and O–H groups in total. The molecule has 0 aromatic carbocycles. The molecular formula is C8H20O3Sn2. The topological polar surface area (TPSA) is 35.5 Å². The molecule has 78 valence electrons. The van der Waals surface area contributed by atoms with Crippen LogP contribution in [0.1, 0.15) is 39.5 Å². The molecule has 0 amide bonds. The minimum atomic E-state index is -1.53. The number of hydrogen-bond acceptors (Lipinski definition) is 3. The second-order valence-corrected chi connectivity index (χ2v) is 17.3. The average Bonchev–Trinajstić information content (AvgIpc) is 2.16. The van der Waals surface area contributed by atoms with Crippen LogP contribution < -0.4 is 0 Å². The van der Waals surface area contributed by atoms with Gasteiger partial charge < -0.3 is 0 Å². The van der Waals surface area contributed by atoms with Crippen LogP contribution in [-0.4, -0.2) is 50.9 Å². The van der Waals surface area contributed by atoms with E-state index in [4.69, 9.17) is 4.49 Å². The van der Waals surface area contributed by atoms with Gasteiger partial charge in [0, 0.05) is 0 Å². The summed E-state index contributed by atoms with van der Waals surface area (Å²) < 4.78 is 10.2. The quantitative estimate of drug-likeness (QED) is 0.565. The Morgan fingerprint density at radius 2 is 2.23 bits per heavy atom. The van der Waals surface area contributed by atoms with E-state index in [1.54, 1.807) is 0 Å². The van der Waals surface area contributed by atoms with Gasteiger partial charge in [-0.25, -0.2) is 0 Å². The van der Waals surface area contributed by atoms with Crippen molar-refractivity contribution in [3.05, 3.63) is 0 Å². The molecule has 0 spiro atoms. The third-order valence-corrected chi connectivity index (χ3v) is 8.39. The summed E-state index contributed by atoms with van der Waals surface area (Å²) in [6.45, 7) is 4.18. The predicted octanol–water partition coefficient (Wildman–Crippen LogP) is 0.0418.